The van der Waals surface area contributed by atoms with Crippen molar-refractivity contribution >= 4 is 5.97 Å². The van der Waals surface area contributed by atoms with Gasteiger partial charge in [-0.05, 0) is 17.7 Å². The van der Waals surface area contributed by atoms with Gasteiger partial charge in [-0.2, -0.15) is 0 Å². The number of aliphatic carboxylic acids is 1. The zero-order valence-corrected chi connectivity index (χ0v) is 8.43. The Bertz CT molecular complexity index is 373. The SMILES string of the molecule is C#CCC(C(=O)O)c1ccc(OC)cc1. The predicted molar refractivity (Wildman–Crippen MR) is 56.8 cm³/mol. The average molecular weight is 204 g/mol. The Kier molecular flexibility index (Phi) is 3.75. The third-order valence-corrected chi connectivity index (χ3v) is 2.14. The van der Waals surface area contributed by atoms with Crippen LogP contribution < -0.4 is 4.74 Å². The van der Waals surface area contributed by atoms with E-state index in [9.17, 15) is 4.79 Å². The molecule has 1 aromatic rings. The van der Waals surface area contributed by atoms with Crippen molar-refractivity contribution in [3.8, 4) is 18.1 Å². The zero-order chi connectivity index (χ0) is 11.3. The fourth-order valence-corrected chi connectivity index (χ4v) is 1.30. The van der Waals surface area contributed by atoms with Gasteiger partial charge in [-0.15, -0.1) is 12.3 Å². The van der Waals surface area contributed by atoms with Crippen LogP contribution in [0.4, 0.5) is 0 Å². The van der Waals surface area contributed by atoms with E-state index in [-0.39, 0.29) is 6.42 Å². The minimum Gasteiger partial charge on any atom is -0.497 e. The highest BCUT2D eigenvalue weighted by Gasteiger charge is 2.18. The van der Waals surface area contributed by atoms with Gasteiger partial charge in [-0.25, -0.2) is 0 Å². The average Bonchev–Trinajstić information content (AvgIpc) is 2.26. The fraction of sp³-hybridized carbons (Fsp3) is 0.250. The van der Waals surface area contributed by atoms with Gasteiger partial charge in [0.1, 0.15) is 5.75 Å². The molecule has 0 bridgehead atoms. The van der Waals surface area contributed by atoms with Gasteiger partial charge in [0.2, 0.25) is 0 Å². The summed E-state index contributed by atoms with van der Waals surface area (Å²) in [6, 6.07) is 6.88. The molecule has 0 saturated heterocycles. The summed E-state index contributed by atoms with van der Waals surface area (Å²) in [7, 11) is 1.56. The number of benzene rings is 1. The monoisotopic (exact) mass is 204 g/mol. The Morgan fingerprint density at radius 3 is 2.53 bits per heavy atom. The summed E-state index contributed by atoms with van der Waals surface area (Å²) in [5.41, 5.74) is 0.696. The van der Waals surface area contributed by atoms with Crippen LogP contribution in [0.15, 0.2) is 24.3 Å². The molecule has 0 aliphatic rings. The van der Waals surface area contributed by atoms with E-state index >= 15 is 0 Å². The number of terminal acetylenes is 1. The summed E-state index contributed by atoms with van der Waals surface area (Å²) >= 11 is 0. The number of carboxylic acids is 1. The maximum absolute atomic E-state index is 10.9. The summed E-state index contributed by atoms with van der Waals surface area (Å²) in [6.45, 7) is 0. The van der Waals surface area contributed by atoms with Gasteiger partial charge < -0.3 is 9.84 Å². The molecule has 0 radical (unpaired) electrons. The second-order valence-corrected chi connectivity index (χ2v) is 3.07. The molecular weight excluding hydrogens is 192 g/mol. The molecule has 1 N–H and O–H groups in total. The van der Waals surface area contributed by atoms with Crippen LogP contribution >= 0.6 is 0 Å². The standard InChI is InChI=1S/C12H12O3/c1-3-4-11(12(13)14)9-5-7-10(15-2)8-6-9/h1,5-8,11H,4H2,2H3,(H,13,14). The number of ether oxygens (including phenoxy) is 1. The number of carbonyl (C=O) groups is 1. The molecule has 0 fully saturated rings. The third kappa shape index (κ3) is 2.75. The van der Waals surface area contributed by atoms with Crippen LogP contribution in [0.25, 0.3) is 0 Å². The van der Waals surface area contributed by atoms with Crippen molar-refractivity contribution in [1.82, 2.24) is 0 Å². The van der Waals surface area contributed by atoms with Crippen LogP contribution in [0.2, 0.25) is 0 Å². The second-order valence-electron chi connectivity index (χ2n) is 3.07. The lowest BCUT2D eigenvalue weighted by Gasteiger charge is -2.09. The van der Waals surface area contributed by atoms with Gasteiger partial charge in [0, 0.05) is 6.42 Å². The topological polar surface area (TPSA) is 46.5 Å². The number of carboxylic acid groups (broad SMARTS) is 1. The van der Waals surface area contributed by atoms with Crippen molar-refractivity contribution in [3.05, 3.63) is 29.8 Å². The molecule has 1 atom stereocenters. The quantitative estimate of drug-likeness (QED) is 0.762. The van der Waals surface area contributed by atoms with Gasteiger partial charge in [0.15, 0.2) is 0 Å². The Labute approximate surface area is 88.7 Å². The first kappa shape index (κ1) is 11.1. The van der Waals surface area contributed by atoms with Gasteiger partial charge in [-0.1, -0.05) is 12.1 Å². The lowest BCUT2D eigenvalue weighted by molar-refractivity contribution is -0.138. The van der Waals surface area contributed by atoms with Crippen molar-refractivity contribution in [2.75, 3.05) is 7.11 Å². The first-order chi connectivity index (χ1) is 7.19. The zero-order valence-electron chi connectivity index (χ0n) is 8.43. The molecule has 1 aromatic carbocycles. The maximum atomic E-state index is 10.9. The largest absolute Gasteiger partial charge is 0.497 e. The molecule has 1 rings (SSSR count). The molecule has 0 aliphatic heterocycles. The van der Waals surface area contributed by atoms with E-state index < -0.39 is 11.9 Å². The summed E-state index contributed by atoms with van der Waals surface area (Å²) in [5.74, 6) is 1.52. The molecule has 1 unspecified atom stereocenters. The Morgan fingerprint density at radius 2 is 2.13 bits per heavy atom. The van der Waals surface area contributed by atoms with Gasteiger partial charge in [0.05, 0.1) is 13.0 Å². The highest BCUT2D eigenvalue weighted by Crippen LogP contribution is 2.22. The molecule has 0 saturated carbocycles. The first-order valence-corrected chi connectivity index (χ1v) is 4.49. The molecule has 0 aromatic heterocycles. The Balaban J connectivity index is 2.92. The molecule has 3 nitrogen and oxygen atoms in total. The molecule has 0 amide bonds. The van der Waals surface area contributed by atoms with E-state index in [1.165, 1.54) is 0 Å². The van der Waals surface area contributed by atoms with Gasteiger partial charge in [-0.3, -0.25) is 4.79 Å². The molecule has 78 valence electrons. The van der Waals surface area contributed by atoms with E-state index in [0.717, 1.165) is 0 Å². The van der Waals surface area contributed by atoms with Crippen LogP contribution in [0, 0.1) is 12.3 Å². The lowest BCUT2D eigenvalue weighted by Crippen LogP contribution is -2.10. The fourth-order valence-electron chi connectivity index (χ4n) is 1.30. The number of rotatable bonds is 4. The van der Waals surface area contributed by atoms with Crippen molar-refractivity contribution in [2.24, 2.45) is 0 Å². The number of hydrogen-bond donors (Lipinski definition) is 1. The minimum atomic E-state index is -0.905. The molecule has 15 heavy (non-hydrogen) atoms. The summed E-state index contributed by atoms with van der Waals surface area (Å²) in [5, 5.41) is 8.96. The smallest absolute Gasteiger partial charge is 0.311 e. The van der Waals surface area contributed by atoms with Crippen molar-refractivity contribution in [2.45, 2.75) is 12.3 Å². The van der Waals surface area contributed by atoms with Crippen molar-refractivity contribution in [3.63, 3.8) is 0 Å². The minimum absolute atomic E-state index is 0.196. The maximum Gasteiger partial charge on any atom is 0.311 e. The van der Waals surface area contributed by atoms with Crippen LogP contribution in [0.3, 0.4) is 0 Å². The van der Waals surface area contributed by atoms with Crippen LogP contribution in [-0.4, -0.2) is 18.2 Å². The Morgan fingerprint density at radius 1 is 1.53 bits per heavy atom. The number of methoxy groups -OCH3 is 1. The molecule has 0 spiro atoms. The van der Waals surface area contributed by atoms with Gasteiger partial charge >= 0.3 is 5.97 Å². The number of hydrogen-bond acceptors (Lipinski definition) is 2. The molecular formula is C12H12O3. The van der Waals surface area contributed by atoms with E-state index in [1.807, 2.05) is 0 Å². The normalized spacial score (nSPS) is 11.5. The van der Waals surface area contributed by atoms with E-state index in [4.69, 9.17) is 16.3 Å². The molecule has 0 heterocycles. The van der Waals surface area contributed by atoms with E-state index in [2.05, 4.69) is 5.92 Å². The van der Waals surface area contributed by atoms with E-state index in [0.29, 0.717) is 11.3 Å². The van der Waals surface area contributed by atoms with Crippen LogP contribution in [0.1, 0.15) is 17.9 Å². The summed E-state index contributed by atoms with van der Waals surface area (Å²) in [4.78, 5) is 10.9. The van der Waals surface area contributed by atoms with Crippen molar-refractivity contribution < 1.29 is 14.6 Å². The summed E-state index contributed by atoms with van der Waals surface area (Å²) < 4.78 is 4.98. The van der Waals surface area contributed by atoms with Crippen LogP contribution in [0.5, 0.6) is 5.75 Å². The second kappa shape index (κ2) is 5.06. The van der Waals surface area contributed by atoms with E-state index in [1.54, 1.807) is 31.4 Å². The predicted octanol–water partition coefficient (Wildman–Crippen LogP) is 1.89. The van der Waals surface area contributed by atoms with Crippen molar-refractivity contribution in [1.29, 1.82) is 0 Å². The van der Waals surface area contributed by atoms with Crippen LogP contribution in [-0.2, 0) is 4.79 Å². The third-order valence-electron chi connectivity index (χ3n) is 2.14. The highest BCUT2D eigenvalue weighted by molar-refractivity contribution is 5.76. The molecule has 3 heteroatoms. The first-order valence-electron chi connectivity index (χ1n) is 4.49. The Hall–Kier alpha value is -1.95. The summed E-state index contributed by atoms with van der Waals surface area (Å²) in [6.07, 6.45) is 5.32. The highest BCUT2D eigenvalue weighted by atomic mass is 16.5. The van der Waals surface area contributed by atoms with Gasteiger partial charge in [0.25, 0.3) is 0 Å². The lowest BCUT2D eigenvalue weighted by atomic mass is 9.96. The molecule has 0 aliphatic carbocycles.